The molecule has 2 heterocycles. The second-order valence-corrected chi connectivity index (χ2v) is 6.76. The summed E-state index contributed by atoms with van der Waals surface area (Å²) in [5.74, 6) is 0.635. The van der Waals surface area contributed by atoms with Crippen molar-refractivity contribution in [2.45, 2.75) is 43.6 Å². The van der Waals surface area contributed by atoms with Gasteiger partial charge in [-0.25, -0.2) is 0 Å². The van der Waals surface area contributed by atoms with Gasteiger partial charge in [-0.2, -0.15) is 13.2 Å². The highest BCUT2D eigenvalue weighted by Gasteiger charge is 2.40. The summed E-state index contributed by atoms with van der Waals surface area (Å²) < 4.78 is 43.4. The molecule has 0 spiro atoms. The molecule has 140 valence electrons. The second-order valence-electron chi connectivity index (χ2n) is 6.76. The van der Waals surface area contributed by atoms with Crippen molar-refractivity contribution in [1.29, 1.82) is 0 Å². The first-order valence-corrected chi connectivity index (χ1v) is 8.37. The lowest BCUT2D eigenvalue weighted by molar-refractivity contribution is -0.137. The van der Waals surface area contributed by atoms with E-state index in [2.05, 4.69) is 10.3 Å². The predicted octanol–water partition coefficient (Wildman–Crippen LogP) is 3.81. The number of benzene rings is 1. The average Bonchev–Trinajstić information content (AvgIpc) is 2.60. The van der Waals surface area contributed by atoms with Gasteiger partial charge in [0.1, 0.15) is 5.75 Å². The third-order valence-electron chi connectivity index (χ3n) is 4.77. The number of rotatable bonds is 3. The standard InChI is InChI=1S/C19H21F3N2O2/c1-12-9-18(25,13-3-5-14(6-4-13)19(20,21)22)10-17(24-12)16-8-7-15(26-2)11-23-16/h3-8,11-12,17,24-25H,9-10H2,1-2H3/t12-,17-,18?/m0/s1. The van der Waals surface area contributed by atoms with Gasteiger partial charge in [-0.3, -0.25) is 4.98 Å². The van der Waals surface area contributed by atoms with Gasteiger partial charge >= 0.3 is 6.18 Å². The van der Waals surface area contributed by atoms with Crippen molar-refractivity contribution in [2.75, 3.05) is 7.11 Å². The summed E-state index contributed by atoms with van der Waals surface area (Å²) in [7, 11) is 1.56. The molecule has 3 rings (SSSR count). The van der Waals surface area contributed by atoms with Gasteiger partial charge in [-0.05, 0) is 43.2 Å². The molecule has 2 N–H and O–H groups in total. The van der Waals surface area contributed by atoms with E-state index in [9.17, 15) is 18.3 Å². The molecule has 26 heavy (non-hydrogen) atoms. The average molecular weight is 366 g/mol. The summed E-state index contributed by atoms with van der Waals surface area (Å²) in [6, 6.07) is 8.13. The molecular formula is C19H21F3N2O2. The van der Waals surface area contributed by atoms with Gasteiger partial charge in [0.2, 0.25) is 0 Å². The van der Waals surface area contributed by atoms with Gasteiger partial charge < -0.3 is 15.2 Å². The van der Waals surface area contributed by atoms with Gasteiger partial charge in [-0.1, -0.05) is 12.1 Å². The highest BCUT2D eigenvalue weighted by atomic mass is 19.4. The maximum Gasteiger partial charge on any atom is 0.416 e. The fraction of sp³-hybridized carbons (Fsp3) is 0.421. The van der Waals surface area contributed by atoms with E-state index >= 15 is 0 Å². The Labute approximate surface area is 150 Å². The molecule has 7 heteroatoms. The van der Waals surface area contributed by atoms with E-state index in [1.54, 1.807) is 19.4 Å². The minimum atomic E-state index is -4.39. The molecule has 1 aliphatic rings. The number of alkyl halides is 3. The number of aromatic nitrogens is 1. The van der Waals surface area contributed by atoms with E-state index in [0.717, 1.165) is 17.8 Å². The Morgan fingerprint density at radius 3 is 2.38 bits per heavy atom. The Morgan fingerprint density at radius 1 is 1.15 bits per heavy atom. The fourth-order valence-corrected chi connectivity index (χ4v) is 3.50. The van der Waals surface area contributed by atoms with Crippen LogP contribution in [0.5, 0.6) is 5.75 Å². The molecule has 0 saturated carbocycles. The Bertz CT molecular complexity index is 747. The summed E-state index contributed by atoms with van der Waals surface area (Å²) >= 11 is 0. The summed E-state index contributed by atoms with van der Waals surface area (Å²) in [6.07, 6.45) is -2.06. The fourth-order valence-electron chi connectivity index (χ4n) is 3.50. The van der Waals surface area contributed by atoms with Crippen LogP contribution in [0.2, 0.25) is 0 Å². The van der Waals surface area contributed by atoms with E-state index in [1.807, 2.05) is 13.0 Å². The number of pyridine rings is 1. The number of nitrogens with one attached hydrogen (secondary N) is 1. The summed E-state index contributed by atoms with van der Waals surface area (Å²) in [6.45, 7) is 1.94. The van der Waals surface area contributed by atoms with Gasteiger partial charge in [0.15, 0.2) is 0 Å². The number of methoxy groups -OCH3 is 1. The van der Waals surface area contributed by atoms with Crippen LogP contribution in [-0.4, -0.2) is 23.2 Å². The second kappa shape index (κ2) is 6.89. The van der Waals surface area contributed by atoms with Crippen molar-refractivity contribution in [2.24, 2.45) is 0 Å². The zero-order valence-electron chi connectivity index (χ0n) is 14.5. The maximum atomic E-state index is 12.8. The lowest BCUT2D eigenvalue weighted by Gasteiger charge is -2.41. The molecule has 1 fully saturated rings. The van der Waals surface area contributed by atoms with E-state index in [4.69, 9.17) is 4.74 Å². The van der Waals surface area contributed by atoms with Crippen molar-refractivity contribution >= 4 is 0 Å². The van der Waals surface area contributed by atoms with E-state index in [-0.39, 0.29) is 12.1 Å². The van der Waals surface area contributed by atoms with Crippen molar-refractivity contribution in [3.8, 4) is 5.75 Å². The first-order valence-electron chi connectivity index (χ1n) is 8.37. The van der Waals surface area contributed by atoms with Crippen LogP contribution in [0.25, 0.3) is 0 Å². The smallest absolute Gasteiger partial charge is 0.416 e. The summed E-state index contributed by atoms with van der Waals surface area (Å²) in [5.41, 5.74) is -0.707. The molecule has 0 aliphatic carbocycles. The summed E-state index contributed by atoms with van der Waals surface area (Å²) in [5, 5.41) is 14.6. The van der Waals surface area contributed by atoms with E-state index in [0.29, 0.717) is 24.2 Å². The normalized spacial score (nSPS) is 26.5. The minimum absolute atomic E-state index is 0.0232. The zero-order chi connectivity index (χ0) is 18.9. The van der Waals surface area contributed by atoms with Crippen LogP contribution >= 0.6 is 0 Å². The predicted molar refractivity (Wildman–Crippen MR) is 90.7 cm³/mol. The molecule has 1 saturated heterocycles. The number of piperidine rings is 1. The molecular weight excluding hydrogens is 345 g/mol. The van der Waals surface area contributed by atoms with Gasteiger partial charge in [-0.15, -0.1) is 0 Å². The Balaban J connectivity index is 1.85. The van der Waals surface area contributed by atoms with Crippen LogP contribution in [0.3, 0.4) is 0 Å². The van der Waals surface area contributed by atoms with E-state index < -0.39 is 17.3 Å². The van der Waals surface area contributed by atoms with Crippen LogP contribution in [0.15, 0.2) is 42.6 Å². The highest BCUT2D eigenvalue weighted by molar-refractivity contribution is 5.31. The Hall–Kier alpha value is -2.12. The first-order chi connectivity index (χ1) is 12.2. The van der Waals surface area contributed by atoms with Gasteiger partial charge in [0.25, 0.3) is 0 Å². The molecule has 0 amide bonds. The lowest BCUT2D eigenvalue weighted by Crippen LogP contribution is -2.47. The SMILES string of the molecule is COc1ccc([C@@H]2CC(O)(c3ccc(C(F)(F)F)cc3)C[C@H](C)N2)nc1. The Kier molecular flexibility index (Phi) is 4.94. The third-order valence-corrected chi connectivity index (χ3v) is 4.77. The number of hydrogen-bond donors (Lipinski definition) is 2. The van der Waals surface area contributed by atoms with Crippen LogP contribution in [0.1, 0.15) is 42.6 Å². The number of ether oxygens (including phenoxy) is 1. The molecule has 1 aromatic carbocycles. The molecule has 0 bridgehead atoms. The number of nitrogens with zero attached hydrogens (tertiary/aromatic N) is 1. The molecule has 4 nitrogen and oxygen atoms in total. The molecule has 0 radical (unpaired) electrons. The quantitative estimate of drug-likeness (QED) is 0.867. The molecule has 1 aliphatic heterocycles. The van der Waals surface area contributed by atoms with Gasteiger partial charge in [0, 0.05) is 12.5 Å². The molecule has 2 aromatic rings. The van der Waals surface area contributed by atoms with Crippen LogP contribution in [-0.2, 0) is 11.8 Å². The maximum absolute atomic E-state index is 12.8. The highest BCUT2D eigenvalue weighted by Crippen LogP contribution is 2.40. The van der Waals surface area contributed by atoms with Gasteiger partial charge in [0.05, 0.1) is 36.2 Å². The number of hydrogen-bond acceptors (Lipinski definition) is 4. The lowest BCUT2D eigenvalue weighted by atomic mass is 9.78. The zero-order valence-corrected chi connectivity index (χ0v) is 14.5. The third kappa shape index (κ3) is 3.83. The summed E-state index contributed by atoms with van der Waals surface area (Å²) in [4.78, 5) is 4.37. The Morgan fingerprint density at radius 2 is 1.85 bits per heavy atom. The van der Waals surface area contributed by atoms with Crippen LogP contribution in [0.4, 0.5) is 13.2 Å². The van der Waals surface area contributed by atoms with Crippen molar-refractivity contribution < 1.29 is 23.0 Å². The number of halogens is 3. The topological polar surface area (TPSA) is 54.4 Å². The van der Waals surface area contributed by atoms with Crippen molar-refractivity contribution in [1.82, 2.24) is 10.3 Å². The number of aliphatic hydroxyl groups is 1. The molecule has 1 aromatic heterocycles. The first kappa shape index (κ1) is 18.7. The molecule has 1 unspecified atom stereocenters. The van der Waals surface area contributed by atoms with E-state index in [1.165, 1.54) is 12.1 Å². The van der Waals surface area contributed by atoms with Crippen molar-refractivity contribution in [3.05, 3.63) is 59.4 Å². The van der Waals surface area contributed by atoms with Crippen LogP contribution in [0, 0.1) is 0 Å². The minimum Gasteiger partial charge on any atom is -0.495 e. The van der Waals surface area contributed by atoms with Crippen molar-refractivity contribution in [3.63, 3.8) is 0 Å². The monoisotopic (exact) mass is 366 g/mol. The largest absolute Gasteiger partial charge is 0.495 e. The van der Waals surface area contributed by atoms with Crippen LogP contribution < -0.4 is 10.1 Å². The molecule has 3 atom stereocenters.